The minimum absolute atomic E-state index is 0.185. The van der Waals surface area contributed by atoms with Crippen LogP contribution in [0.2, 0.25) is 0 Å². The van der Waals surface area contributed by atoms with Crippen molar-refractivity contribution in [2.75, 3.05) is 11.9 Å². The van der Waals surface area contributed by atoms with E-state index in [9.17, 15) is 10.2 Å². The van der Waals surface area contributed by atoms with Gasteiger partial charge in [-0.05, 0) is 38.0 Å². The van der Waals surface area contributed by atoms with Crippen LogP contribution in [-0.2, 0) is 6.42 Å². The first kappa shape index (κ1) is 16.3. The summed E-state index contributed by atoms with van der Waals surface area (Å²) in [6.45, 7) is 6.38. The van der Waals surface area contributed by atoms with Crippen LogP contribution in [0.3, 0.4) is 0 Å². The molecule has 0 aliphatic heterocycles. The predicted molar refractivity (Wildman–Crippen MR) is 93.4 cm³/mol. The van der Waals surface area contributed by atoms with E-state index < -0.39 is 6.10 Å². The maximum atomic E-state index is 10.3. The van der Waals surface area contributed by atoms with E-state index in [2.05, 4.69) is 22.3 Å². The molecule has 0 radical (unpaired) electrons. The van der Waals surface area contributed by atoms with Crippen LogP contribution in [0, 0.1) is 13.8 Å². The minimum Gasteiger partial charge on any atom is -0.508 e. The van der Waals surface area contributed by atoms with Gasteiger partial charge >= 0.3 is 0 Å². The van der Waals surface area contributed by atoms with Gasteiger partial charge in [0.05, 0.1) is 11.8 Å². The second-order valence-electron chi connectivity index (χ2n) is 5.92. The van der Waals surface area contributed by atoms with E-state index in [1.165, 1.54) is 0 Å². The molecule has 2 heterocycles. The summed E-state index contributed by atoms with van der Waals surface area (Å²) in [6, 6.07) is 8.52. The number of hydrogen-bond acceptors (Lipinski definition) is 5. The first-order valence-electron chi connectivity index (χ1n) is 8.06. The van der Waals surface area contributed by atoms with E-state index in [1.54, 1.807) is 28.8 Å². The number of aliphatic hydroxyl groups is 1. The van der Waals surface area contributed by atoms with E-state index >= 15 is 0 Å². The summed E-state index contributed by atoms with van der Waals surface area (Å²) < 4.78 is 1.79. The van der Waals surface area contributed by atoms with E-state index in [0.717, 1.165) is 40.4 Å². The number of aliphatic hydroxyl groups excluding tert-OH is 1. The van der Waals surface area contributed by atoms with Gasteiger partial charge < -0.3 is 15.5 Å². The molecule has 1 atom stereocenters. The first-order chi connectivity index (χ1) is 11.5. The van der Waals surface area contributed by atoms with E-state index in [-0.39, 0.29) is 5.75 Å². The average Bonchev–Trinajstić information content (AvgIpc) is 2.88. The van der Waals surface area contributed by atoms with Gasteiger partial charge in [0.2, 0.25) is 0 Å². The Labute approximate surface area is 140 Å². The third-order valence-electron chi connectivity index (χ3n) is 4.23. The molecule has 1 aromatic carbocycles. The zero-order chi connectivity index (χ0) is 17.3. The van der Waals surface area contributed by atoms with Crippen molar-refractivity contribution in [3.63, 3.8) is 0 Å². The molecule has 6 nitrogen and oxygen atoms in total. The van der Waals surface area contributed by atoms with Crippen molar-refractivity contribution >= 4 is 11.5 Å². The molecule has 0 spiro atoms. The smallest absolute Gasteiger partial charge is 0.160 e. The number of aromatic hydroxyl groups is 1. The zero-order valence-corrected chi connectivity index (χ0v) is 14.1. The standard InChI is InChI=1S/C18H22N4O2/c1-4-14-9-17(22-18(20-14)11(2)12(3)21-22)19-10-16(24)13-5-7-15(23)8-6-13/h5-9,16,19,23-24H,4,10H2,1-3H3/t16-/m1/s1. The summed E-state index contributed by atoms with van der Waals surface area (Å²) in [5.41, 5.74) is 4.57. The van der Waals surface area contributed by atoms with E-state index in [1.807, 2.05) is 19.9 Å². The monoisotopic (exact) mass is 326 g/mol. The Morgan fingerprint density at radius 2 is 1.92 bits per heavy atom. The summed E-state index contributed by atoms with van der Waals surface area (Å²) in [5, 5.41) is 27.5. The largest absolute Gasteiger partial charge is 0.508 e. The summed E-state index contributed by atoms with van der Waals surface area (Å²) in [4.78, 5) is 4.64. The minimum atomic E-state index is -0.684. The summed E-state index contributed by atoms with van der Waals surface area (Å²) in [7, 11) is 0. The van der Waals surface area contributed by atoms with Gasteiger partial charge in [0.15, 0.2) is 5.65 Å². The Morgan fingerprint density at radius 3 is 2.58 bits per heavy atom. The van der Waals surface area contributed by atoms with Gasteiger partial charge in [0.25, 0.3) is 0 Å². The molecule has 3 aromatic rings. The molecule has 0 saturated heterocycles. The molecule has 2 aromatic heterocycles. The SMILES string of the molecule is CCc1cc(NC[C@@H](O)c2ccc(O)cc2)n2nc(C)c(C)c2n1. The van der Waals surface area contributed by atoms with Gasteiger partial charge in [-0.3, -0.25) is 0 Å². The second-order valence-corrected chi connectivity index (χ2v) is 5.92. The molecular weight excluding hydrogens is 304 g/mol. The van der Waals surface area contributed by atoms with Gasteiger partial charge in [-0.25, -0.2) is 4.98 Å². The Bertz CT molecular complexity index is 856. The fourth-order valence-corrected chi connectivity index (χ4v) is 2.60. The van der Waals surface area contributed by atoms with Gasteiger partial charge in [-0.1, -0.05) is 19.1 Å². The van der Waals surface area contributed by atoms with Crippen molar-refractivity contribution in [3.05, 3.63) is 52.8 Å². The number of phenolic OH excluding ortho intramolecular Hbond substituents is 1. The van der Waals surface area contributed by atoms with Gasteiger partial charge in [-0.15, -0.1) is 0 Å². The summed E-state index contributed by atoms with van der Waals surface area (Å²) in [6.07, 6.45) is 0.145. The van der Waals surface area contributed by atoms with Crippen molar-refractivity contribution in [2.24, 2.45) is 0 Å². The number of rotatable bonds is 5. The first-order valence-corrected chi connectivity index (χ1v) is 8.06. The Kier molecular flexibility index (Phi) is 4.40. The molecule has 0 fully saturated rings. The topological polar surface area (TPSA) is 82.7 Å². The molecule has 6 heteroatoms. The van der Waals surface area contributed by atoms with Gasteiger partial charge in [0.1, 0.15) is 11.6 Å². The van der Waals surface area contributed by atoms with Crippen LogP contribution in [0.1, 0.15) is 35.5 Å². The van der Waals surface area contributed by atoms with Gasteiger partial charge in [0, 0.05) is 23.9 Å². The predicted octanol–water partition coefficient (Wildman–Crippen LogP) is 2.76. The van der Waals surface area contributed by atoms with Crippen molar-refractivity contribution in [1.82, 2.24) is 14.6 Å². The molecule has 0 unspecified atom stereocenters. The lowest BCUT2D eigenvalue weighted by Crippen LogP contribution is -2.15. The number of hydrogen-bond donors (Lipinski definition) is 3. The Balaban J connectivity index is 1.86. The van der Waals surface area contributed by atoms with Crippen molar-refractivity contribution in [3.8, 4) is 5.75 Å². The number of fused-ring (bicyclic) bond motifs is 1. The molecular formula is C18H22N4O2. The Hall–Kier alpha value is -2.60. The van der Waals surface area contributed by atoms with Crippen LogP contribution in [0.4, 0.5) is 5.82 Å². The van der Waals surface area contributed by atoms with Crippen LogP contribution >= 0.6 is 0 Å². The number of aromatic nitrogens is 3. The third kappa shape index (κ3) is 3.05. The highest BCUT2D eigenvalue weighted by Crippen LogP contribution is 2.21. The molecule has 0 saturated carbocycles. The molecule has 24 heavy (non-hydrogen) atoms. The van der Waals surface area contributed by atoms with Crippen molar-refractivity contribution in [1.29, 1.82) is 0 Å². The quantitative estimate of drug-likeness (QED) is 0.671. The van der Waals surface area contributed by atoms with Gasteiger partial charge in [-0.2, -0.15) is 9.61 Å². The maximum absolute atomic E-state index is 10.3. The van der Waals surface area contributed by atoms with Crippen LogP contribution in [0.5, 0.6) is 5.75 Å². The third-order valence-corrected chi connectivity index (χ3v) is 4.23. The molecule has 0 aliphatic carbocycles. The fourth-order valence-electron chi connectivity index (χ4n) is 2.60. The normalized spacial score (nSPS) is 12.5. The van der Waals surface area contributed by atoms with Crippen molar-refractivity contribution in [2.45, 2.75) is 33.3 Å². The Morgan fingerprint density at radius 1 is 1.21 bits per heavy atom. The number of benzene rings is 1. The zero-order valence-electron chi connectivity index (χ0n) is 14.1. The summed E-state index contributed by atoms with van der Waals surface area (Å²) >= 11 is 0. The molecule has 0 aliphatic rings. The lowest BCUT2D eigenvalue weighted by atomic mass is 10.1. The highest BCUT2D eigenvalue weighted by atomic mass is 16.3. The number of nitrogens with one attached hydrogen (secondary N) is 1. The molecule has 0 bridgehead atoms. The number of phenols is 1. The van der Waals surface area contributed by atoms with Crippen LogP contribution in [0.25, 0.3) is 5.65 Å². The molecule has 3 rings (SSSR count). The number of anilines is 1. The summed E-state index contributed by atoms with van der Waals surface area (Å²) in [5.74, 6) is 0.996. The van der Waals surface area contributed by atoms with Crippen LogP contribution < -0.4 is 5.32 Å². The highest BCUT2D eigenvalue weighted by molar-refractivity contribution is 5.56. The van der Waals surface area contributed by atoms with E-state index in [4.69, 9.17) is 0 Å². The second kappa shape index (κ2) is 6.49. The molecule has 3 N–H and O–H groups in total. The lowest BCUT2D eigenvalue weighted by molar-refractivity contribution is 0.191. The molecule has 0 amide bonds. The highest BCUT2D eigenvalue weighted by Gasteiger charge is 2.13. The fraction of sp³-hybridized carbons (Fsp3) is 0.333. The number of aryl methyl sites for hydroxylation is 3. The van der Waals surface area contributed by atoms with E-state index in [0.29, 0.717) is 6.54 Å². The van der Waals surface area contributed by atoms with Crippen LogP contribution in [0.15, 0.2) is 30.3 Å². The average molecular weight is 326 g/mol. The molecule has 126 valence electrons. The van der Waals surface area contributed by atoms with Crippen LogP contribution in [-0.4, -0.2) is 31.4 Å². The van der Waals surface area contributed by atoms with Crippen molar-refractivity contribution < 1.29 is 10.2 Å². The maximum Gasteiger partial charge on any atom is 0.160 e. The lowest BCUT2D eigenvalue weighted by Gasteiger charge is -2.15. The number of nitrogens with zero attached hydrogens (tertiary/aromatic N) is 3.